The van der Waals surface area contributed by atoms with Gasteiger partial charge in [0.2, 0.25) is 19.3 Å². The van der Waals surface area contributed by atoms with Gasteiger partial charge in [-0.15, -0.1) is 0 Å². The van der Waals surface area contributed by atoms with E-state index in [-0.39, 0.29) is 11.1 Å². The summed E-state index contributed by atoms with van der Waals surface area (Å²) in [5.41, 5.74) is 5.53. The van der Waals surface area contributed by atoms with Crippen molar-refractivity contribution in [2.24, 2.45) is 0 Å². The van der Waals surface area contributed by atoms with Gasteiger partial charge in [-0.05, 0) is 41.5 Å². The number of nitrogens with zero attached hydrogens (tertiary/aromatic N) is 4. The molecule has 0 saturated carbocycles. The number of aromatic nitrogens is 4. The molecule has 0 aliphatic rings. The van der Waals surface area contributed by atoms with Gasteiger partial charge >= 0.3 is 0 Å². The van der Waals surface area contributed by atoms with E-state index in [0.717, 1.165) is 6.67 Å². The van der Waals surface area contributed by atoms with Crippen LogP contribution < -0.4 is 9.13 Å². The van der Waals surface area contributed by atoms with E-state index in [4.69, 9.17) is 0 Å². The van der Waals surface area contributed by atoms with Crippen molar-refractivity contribution in [2.75, 3.05) is 0 Å². The van der Waals surface area contributed by atoms with Crippen LogP contribution in [0.4, 0.5) is 0 Å². The highest BCUT2D eigenvalue weighted by Gasteiger charge is 2.29. The zero-order valence-corrected chi connectivity index (χ0v) is 16.7. The monoisotopic (exact) mass is 318 g/mol. The molecule has 2 heterocycles. The van der Waals surface area contributed by atoms with Gasteiger partial charge < -0.3 is 0 Å². The lowest BCUT2D eigenvalue weighted by atomic mass is 10.1. The average molecular weight is 319 g/mol. The highest BCUT2D eigenvalue weighted by atomic mass is 15.3. The van der Waals surface area contributed by atoms with Crippen molar-refractivity contribution in [2.45, 2.75) is 87.0 Å². The van der Waals surface area contributed by atoms with Crippen molar-refractivity contribution in [1.82, 2.24) is 9.13 Å². The molecule has 0 fully saturated rings. The molecule has 0 unspecified atom stereocenters. The first-order valence-electron chi connectivity index (χ1n) is 8.51. The van der Waals surface area contributed by atoms with Crippen LogP contribution in [0, 0.1) is 27.7 Å². The van der Waals surface area contributed by atoms with Crippen LogP contribution in [-0.2, 0) is 17.7 Å². The predicted octanol–water partition coefficient (Wildman–Crippen LogP) is 3.11. The molecule has 0 aliphatic heterocycles. The van der Waals surface area contributed by atoms with Gasteiger partial charge in [0, 0.05) is 27.7 Å². The quantitative estimate of drug-likeness (QED) is 0.757. The van der Waals surface area contributed by atoms with Gasteiger partial charge in [-0.2, -0.15) is 9.13 Å². The number of rotatable bonds is 2. The Morgan fingerprint density at radius 3 is 1.22 bits per heavy atom. The summed E-state index contributed by atoms with van der Waals surface area (Å²) >= 11 is 0. The average Bonchev–Trinajstić information content (AvgIpc) is 2.83. The Kier molecular flexibility index (Phi) is 4.25. The Morgan fingerprint density at radius 1 is 0.696 bits per heavy atom. The van der Waals surface area contributed by atoms with Gasteiger partial charge in [0.25, 0.3) is 0 Å². The molecule has 0 bridgehead atoms. The van der Waals surface area contributed by atoms with Crippen molar-refractivity contribution in [3.8, 4) is 0 Å². The van der Waals surface area contributed by atoms with Crippen molar-refractivity contribution < 1.29 is 9.13 Å². The lowest BCUT2D eigenvalue weighted by Crippen LogP contribution is -2.53. The largest absolute Gasteiger partial charge is 0.247 e. The third kappa shape index (κ3) is 3.22. The lowest BCUT2D eigenvalue weighted by molar-refractivity contribution is -0.917. The molecule has 4 heteroatoms. The fourth-order valence-electron chi connectivity index (χ4n) is 3.19. The smallest absolute Gasteiger partial charge is 0.229 e. The first-order chi connectivity index (χ1) is 10.3. The summed E-state index contributed by atoms with van der Waals surface area (Å²) in [4.78, 5) is 0. The number of hydrogen-bond donors (Lipinski definition) is 0. The Balaban J connectivity index is 2.45. The molecule has 2 aromatic rings. The van der Waals surface area contributed by atoms with Crippen LogP contribution in [0.5, 0.6) is 0 Å². The zero-order chi connectivity index (χ0) is 17.7. The minimum absolute atomic E-state index is 0.104. The minimum atomic E-state index is 0.104. The summed E-state index contributed by atoms with van der Waals surface area (Å²) in [6.45, 7) is 23.2. The van der Waals surface area contributed by atoms with Crippen LogP contribution in [0.25, 0.3) is 0 Å². The summed E-state index contributed by atoms with van der Waals surface area (Å²) < 4.78 is 9.43. The van der Waals surface area contributed by atoms with Crippen LogP contribution in [-0.4, -0.2) is 9.13 Å². The standard InChI is InChI=1S/C19H34N4/c1-14-16(3)22(18(5,6)7)12-20(14)11-21-13-23(19(8,9)10)17(4)15(21)2/h12-13H,11H2,1-10H3/q+2. The molecule has 0 aromatic carbocycles. The SMILES string of the molecule is Cc1c(C)[n+](C[n+]2cn(C(C)(C)C)c(C)c2C)cn1C(C)(C)C. The van der Waals surface area contributed by atoms with Gasteiger partial charge in [-0.1, -0.05) is 0 Å². The lowest BCUT2D eigenvalue weighted by Gasteiger charge is -2.15. The number of imidazole rings is 2. The second-order valence-electron chi connectivity index (χ2n) is 8.74. The van der Waals surface area contributed by atoms with E-state index >= 15 is 0 Å². The maximum absolute atomic E-state index is 2.37. The van der Waals surface area contributed by atoms with Crippen LogP contribution in [0.15, 0.2) is 12.7 Å². The molecular weight excluding hydrogens is 284 g/mol. The Bertz CT molecular complexity index is 656. The third-order valence-corrected chi connectivity index (χ3v) is 4.89. The predicted molar refractivity (Wildman–Crippen MR) is 93.6 cm³/mol. The van der Waals surface area contributed by atoms with Gasteiger partial charge in [0.1, 0.15) is 33.9 Å². The second-order valence-corrected chi connectivity index (χ2v) is 8.74. The molecule has 2 aromatic heterocycles. The topological polar surface area (TPSA) is 17.6 Å². The van der Waals surface area contributed by atoms with E-state index in [1.165, 1.54) is 22.8 Å². The highest BCUT2D eigenvalue weighted by Crippen LogP contribution is 2.18. The van der Waals surface area contributed by atoms with Crippen LogP contribution in [0.2, 0.25) is 0 Å². The third-order valence-electron chi connectivity index (χ3n) is 4.89. The first kappa shape index (κ1) is 17.8. The van der Waals surface area contributed by atoms with E-state index < -0.39 is 0 Å². The van der Waals surface area contributed by atoms with Crippen molar-refractivity contribution in [3.05, 3.63) is 35.4 Å². The summed E-state index contributed by atoms with van der Waals surface area (Å²) in [7, 11) is 0. The summed E-state index contributed by atoms with van der Waals surface area (Å²) in [6.07, 6.45) is 4.50. The molecule has 0 amide bonds. The summed E-state index contributed by atoms with van der Waals surface area (Å²) in [5.74, 6) is 0. The van der Waals surface area contributed by atoms with Crippen LogP contribution in [0.1, 0.15) is 64.3 Å². The minimum Gasteiger partial charge on any atom is -0.229 e. The molecule has 128 valence electrons. The van der Waals surface area contributed by atoms with Gasteiger partial charge in [-0.25, -0.2) is 9.13 Å². The second kappa shape index (κ2) is 5.50. The van der Waals surface area contributed by atoms with E-state index in [1.54, 1.807) is 0 Å². The van der Waals surface area contributed by atoms with Gasteiger partial charge in [-0.3, -0.25) is 0 Å². The Morgan fingerprint density at radius 2 is 1.00 bits per heavy atom. The molecule has 23 heavy (non-hydrogen) atoms. The fourth-order valence-corrected chi connectivity index (χ4v) is 3.19. The molecule has 0 aliphatic carbocycles. The highest BCUT2D eigenvalue weighted by molar-refractivity contribution is 5.06. The van der Waals surface area contributed by atoms with Gasteiger partial charge in [0.05, 0.1) is 0 Å². The maximum atomic E-state index is 2.37. The Hall–Kier alpha value is -1.58. The molecule has 2 rings (SSSR count). The first-order valence-corrected chi connectivity index (χ1v) is 8.51. The van der Waals surface area contributed by atoms with Crippen molar-refractivity contribution in [1.29, 1.82) is 0 Å². The van der Waals surface area contributed by atoms with E-state index in [1.807, 2.05) is 0 Å². The van der Waals surface area contributed by atoms with Crippen molar-refractivity contribution in [3.63, 3.8) is 0 Å². The normalized spacial score (nSPS) is 13.0. The molecule has 0 atom stereocenters. The molecule has 0 spiro atoms. The van der Waals surface area contributed by atoms with E-state index in [0.29, 0.717) is 0 Å². The molecule has 0 radical (unpaired) electrons. The van der Waals surface area contributed by atoms with E-state index in [9.17, 15) is 0 Å². The Labute approximate surface area is 141 Å². The summed E-state index contributed by atoms with van der Waals surface area (Å²) in [5, 5.41) is 0. The van der Waals surface area contributed by atoms with E-state index in [2.05, 4.69) is 100 Å². The molecule has 0 saturated heterocycles. The van der Waals surface area contributed by atoms with Gasteiger partial charge in [0.15, 0.2) is 0 Å². The summed E-state index contributed by atoms with van der Waals surface area (Å²) in [6, 6.07) is 0. The maximum Gasteiger partial charge on any atom is 0.247 e. The van der Waals surface area contributed by atoms with Crippen molar-refractivity contribution >= 4 is 0 Å². The molecular formula is C19H34N4+2. The molecule has 4 nitrogen and oxygen atoms in total. The zero-order valence-electron chi connectivity index (χ0n) is 16.7. The van der Waals surface area contributed by atoms with Crippen LogP contribution in [0.3, 0.4) is 0 Å². The van der Waals surface area contributed by atoms with Crippen LogP contribution >= 0.6 is 0 Å². The molecule has 0 N–H and O–H groups in total. The fraction of sp³-hybridized carbons (Fsp3) is 0.684. The number of hydrogen-bond acceptors (Lipinski definition) is 0.